The van der Waals surface area contributed by atoms with Crippen LogP contribution in [0.15, 0.2) is 34.9 Å². The molecule has 5 nitrogen and oxygen atoms in total. The fourth-order valence-electron chi connectivity index (χ4n) is 6.27. The van der Waals surface area contributed by atoms with E-state index in [4.69, 9.17) is 10.3 Å². The van der Waals surface area contributed by atoms with Crippen molar-refractivity contribution in [3.8, 4) is 11.3 Å². The quantitative estimate of drug-likeness (QED) is 0.793. The van der Waals surface area contributed by atoms with Crippen LogP contribution in [0.4, 0.5) is 4.39 Å². The Kier molecular flexibility index (Phi) is 3.93. The van der Waals surface area contributed by atoms with Gasteiger partial charge in [0.25, 0.3) is 0 Å². The number of benzene rings is 1. The largest absolute Gasteiger partial charge is 0.369 e. The molecule has 1 heterocycles. The smallest absolute Gasteiger partial charge is 0.223 e. The van der Waals surface area contributed by atoms with E-state index in [9.17, 15) is 14.0 Å². The number of halogens is 1. The summed E-state index contributed by atoms with van der Waals surface area (Å²) in [6.07, 6.45) is 5.18. The van der Waals surface area contributed by atoms with E-state index in [0.29, 0.717) is 35.5 Å². The maximum absolute atomic E-state index is 13.4. The zero-order valence-corrected chi connectivity index (χ0v) is 15.6. The first-order valence-corrected chi connectivity index (χ1v) is 9.99. The van der Waals surface area contributed by atoms with Gasteiger partial charge in [-0.1, -0.05) is 17.3 Å². The summed E-state index contributed by atoms with van der Waals surface area (Å²) in [5.41, 5.74) is 6.25. The van der Waals surface area contributed by atoms with Gasteiger partial charge >= 0.3 is 0 Å². The number of ketones is 1. The van der Waals surface area contributed by atoms with Crippen molar-refractivity contribution in [2.45, 2.75) is 38.5 Å². The van der Waals surface area contributed by atoms with Gasteiger partial charge in [-0.3, -0.25) is 9.59 Å². The summed E-state index contributed by atoms with van der Waals surface area (Å²) >= 11 is 0. The lowest BCUT2D eigenvalue weighted by atomic mass is 9.45. The molecule has 2 unspecified atom stereocenters. The molecule has 0 spiro atoms. The molecule has 2 atom stereocenters. The van der Waals surface area contributed by atoms with E-state index in [1.54, 1.807) is 18.2 Å². The fraction of sp³-hybridized carbons (Fsp3) is 0.500. The van der Waals surface area contributed by atoms with E-state index >= 15 is 0 Å². The van der Waals surface area contributed by atoms with E-state index in [0.717, 1.165) is 32.1 Å². The molecule has 4 bridgehead atoms. The van der Waals surface area contributed by atoms with E-state index < -0.39 is 0 Å². The van der Waals surface area contributed by atoms with Gasteiger partial charge in [-0.15, -0.1) is 0 Å². The lowest BCUT2D eigenvalue weighted by Crippen LogP contribution is -2.56. The third-order valence-corrected chi connectivity index (χ3v) is 7.32. The number of hydrogen-bond donors (Lipinski definition) is 1. The molecule has 1 aromatic heterocycles. The summed E-state index contributed by atoms with van der Waals surface area (Å²) in [7, 11) is 0. The van der Waals surface area contributed by atoms with Crippen LogP contribution in [-0.2, 0) is 4.79 Å². The van der Waals surface area contributed by atoms with E-state index in [1.165, 1.54) is 12.1 Å². The highest BCUT2D eigenvalue weighted by molar-refractivity contribution is 5.95. The van der Waals surface area contributed by atoms with Gasteiger partial charge in [0.05, 0.1) is 0 Å². The van der Waals surface area contributed by atoms with E-state index in [1.807, 2.05) is 0 Å². The topological polar surface area (TPSA) is 86.2 Å². The number of carbonyl (C=O) groups is 2. The van der Waals surface area contributed by atoms with Gasteiger partial charge in [0, 0.05) is 23.5 Å². The second-order valence-corrected chi connectivity index (χ2v) is 8.99. The minimum Gasteiger partial charge on any atom is -0.369 e. The molecule has 4 saturated carbocycles. The normalized spacial score (nSPS) is 33.2. The molecular formula is C22H23FN2O3. The minimum absolute atomic E-state index is 0.0444. The molecule has 0 saturated heterocycles. The van der Waals surface area contributed by atoms with Crippen molar-refractivity contribution in [3.05, 3.63) is 41.8 Å². The molecule has 2 aromatic rings. The summed E-state index contributed by atoms with van der Waals surface area (Å²) in [5.74, 6) is 1.45. The highest BCUT2D eigenvalue weighted by atomic mass is 19.1. The summed E-state index contributed by atoms with van der Waals surface area (Å²) in [4.78, 5) is 24.9. The molecule has 2 N–H and O–H groups in total. The van der Waals surface area contributed by atoms with Gasteiger partial charge in [0.15, 0.2) is 11.5 Å². The Morgan fingerprint density at radius 3 is 2.61 bits per heavy atom. The number of nitrogens with two attached hydrogens (primary N) is 1. The summed E-state index contributed by atoms with van der Waals surface area (Å²) < 4.78 is 18.7. The average molecular weight is 382 g/mol. The maximum Gasteiger partial charge on any atom is 0.223 e. The van der Waals surface area contributed by atoms with E-state index in [-0.39, 0.29) is 34.5 Å². The van der Waals surface area contributed by atoms with Crippen LogP contribution in [0.5, 0.6) is 0 Å². The molecule has 146 valence electrons. The van der Waals surface area contributed by atoms with Gasteiger partial charge in [-0.25, -0.2) is 4.39 Å². The predicted octanol–water partition coefficient (Wildman–Crippen LogP) is 3.98. The van der Waals surface area contributed by atoms with Crippen molar-refractivity contribution in [2.24, 2.45) is 34.8 Å². The molecule has 6 heteroatoms. The van der Waals surface area contributed by atoms with Gasteiger partial charge < -0.3 is 10.3 Å². The Morgan fingerprint density at radius 1 is 1.18 bits per heavy atom. The predicted molar refractivity (Wildman–Crippen MR) is 99.5 cm³/mol. The second kappa shape index (κ2) is 6.26. The van der Waals surface area contributed by atoms with Crippen molar-refractivity contribution < 1.29 is 18.5 Å². The van der Waals surface area contributed by atoms with Gasteiger partial charge in [-0.2, -0.15) is 0 Å². The molecule has 1 aromatic carbocycles. The average Bonchev–Trinajstić information content (AvgIpc) is 3.14. The Labute approximate surface area is 162 Å². The van der Waals surface area contributed by atoms with Crippen molar-refractivity contribution >= 4 is 11.7 Å². The first kappa shape index (κ1) is 17.6. The zero-order chi connectivity index (χ0) is 19.5. The molecule has 4 aliphatic rings. The van der Waals surface area contributed by atoms with Crippen LogP contribution in [0, 0.1) is 34.9 Å². The van der Waals surface area contributed by atoms with Gasteiger partial charge in [-0.05, 0) is 67.9 Å². The third-order valence-electron chi connectivity index (χ3n) is 7.32. The fourth-order valence-corrected chi connectivity index (χ4v) is 6.27. The van der Waals surface area contributed by atoms with Crippen molar-refractivity contribution in [3.63, 3.8) is 0 Å². The number of hydrogen-bond acceptors (Lipinski definition) is 4. The number of amides is 1. The molecular weight excluding hydrogens is 359 g/mol. The number of carbonyl (C=O) groups excluding carboxylic acids is 2. The third kappa shape index (κ3) is 2.77. The van der Waals surface area contributed by atoms with Crippen LogP contribution in [0.3, 0.4) is 0 Å². The molecule has 1 amide bonds. The highest BCUT2D eigenvalue weighted by Gasteiger charge is 2.57. The van der Waals surface area contributed by atoms with Crippen molar-refractivity contribution in [2.75, 3.05) is 0 Å². The number of primary amides is 1. The van der Waals surface area contributed by atoms with Crippen LogP contribution in [0.1, 0.15) is 49.0 Å². The second-order valence-electron chi connectivity index (χ2n) is 8.99. The number of Topliss-reactive ketones (excluding diaryl/α,β-unsaturated/α-hetero) is 1. The number of nitrogens with zero attached hydrogens (tertiary/aromatic N) is 1. The maximum atomic E-state index is 13.4. The van der Waals surface area contributed by atoms with Gasteiger partial charge in [0.2, 0.25) is 5.91 Å². The molecule has 4 fully saturated rings. The standard InChI is InChI=1S/C22H23FN2O3/c23-16-3-1-2-13(6-16)20-8-18(25-28-20)19(26)7-17-14-4-12-5-15(17)11-22(9-12,10-14)21(24)27/h1-3,6,8,12,14-15,17H,4-5,7,9-11H2,(H2,24,27). The zero-order valence-electron chi connectivity index (χ0n) is 15.6. The van der Waals surface area contributed by atoms with Gasteiger partial charge in [0.1, 0.15) is 11.5 Å². The van der Waals surface area contributed by atoms with Crippen LogP contribution >= 0.6 is 0 Å². The number of rotatable bonds is 5. The van der Waals surface area contributed by atoms with Crippen LogP contribution in [0.2, 0.25) is 0 Å². The molecule has 4 aliphatic carbocycles. The summed E-state index contributed by atoms with van der Waals surface area (Å²) in [5, 5.41) is 3.93. The molecule has 0 aliphatic heterocycles. The highest BCUT2D eigenvalue weighted by Crippen LogP contribution is 2.62. The molecule has 28 heavy (non-hydrogen) atoms. The Morgan fingerprint density at radius 2 is 1.93 bits per heavy atom. The van der Waals surface area contributed by atoms with E-state index in [2.05, 4.69) is 5.16 Å². The summed E-state index contributed by atoms with van der Waals surface area (Å²) in [6, 6.07) is 7.63. The van der Waals surface area contributed by atoms with Crippen molar-refractivity contribution in [1.29, 1.82) is 0 Å². The molecule has 6 rings (SSSR count). The molecule has 0 radical (unpaired) electrons. The number of aromatic nitrogens is 1. The lowest BCUT2D eigenvalue weighted by Gasteiger charge is -2.58. The van der Waals surface area contributed by atoms with Crippen molar-refractivity contribution in [1.82, 2.24) is 5.16 Å². The van der Waals surface area contributed by atoms with Crippen LogP contribution in [0.25, 0.3) is 11.3 Å². The minimum atomic E-state index is -0.362. The lowest BCUT2D eigenvalue weighted by molar-refractivity contribution is -0.149. The van der Waals surface area contributed by atoms with Crippen LogP contribution < -0.4 is 5.73 Å². The van der Waals surface area contributed by atoms with Crippen LogP contribution in [-0.4, -0.2) is 16.8 Å². The monoisotopic (exact) mass is 382 g/mol. The first-order chi connectivity index (χ1) is 13.4. The Bertz CT molecular complexity index is 937. The Hall–Kier alpha value is -2.50. The summed E-state index contributed by atoms with van der Waals surface area (Å²) in [6.45, 7) is 0. The Balaban J connectivity index is 1.33. The SMILES string of the molecule is NC(=O)C12CC3CC(C1)C(CC(=O)c1cc(-c4cccc(F)c4)on1)C(C3)C2. The first-order valence-electron chi connectivity index (χ1n) is 9.99.